The van der Waals surface area contributed by atoms with Crippen molar-refractivity contribution >= 4 is 22.4 Å². The minimum absolute atomic E-state index is 0.154. The Balaban J connectivity index is 1.17. The van der Waals surface area contributed by atoms with Crippen molar-refractivity contribution in [3.8, 4) is 5.75 Å². The molecule has 0 unspecified atom stereocenters. The van der Waals surface area contributed by atoms with Crippen LogP contribution in [0, 0.1) is 0 Å². The van der Waals surface area contributed by atoms with Crippen LogP contribution in [0.1, 0.15) is 40.5 Å². The first kappa shape index (κ1) is 19.5. The molecule has 1 N–H and O–H groups in total. The van der Waals surface area contributed by atoms with Crippen LogP contribution in [0.4, 0.5) is 5.13 Å². The number of anilines is 1. The average Bonchev–Trinajstić information content (AvgIpc) is 3.41. The third kappa shape index (κ3) is 4.51. The number of rotatable bonds is 7. The third-order valence-electron chi connectivity index (χ3n) is 5.47. The van der Waals surface area contributed by atoms with Crippen molar-refractivity contribution in [3.63, 3.8) is 0 Å². The van der Waals surface area contributed by atoms with E-state index in [0.717, 1.165) is 29.8 Å². The highest BCUT2D eigenvalue weighted by Gasteiger charge is 2.33. The summed E-state index contributed by atoms with van der Waals surface area (Å²) in [5, 5.41) is 5.61. The maximum atomic E-state index is 12.8. The lowest BCUT2D eigenvalue weighted by Gasteiger charge is -2.34. The molecule has 1 aliphatic rings. The molecular formula is C24H22N4O2S. The lowest BCUT2D eigenvalue weighted by Crippen LogP contribution is -2.32. The topological polar surface area (TPSA) is 69.0 Å². The van der Waals surface area contributed by atoms with Crippen LogP contribution in [0.25, 0.3) is 0 Å². The lowest BCUT2D eigenvalue weighted by molar-refractivity contribution is 0.0971. The van der Waals surface area contributed by atoms with E-state index in [1.54, 1.807) is 12.4 Å². The van der Waals surface area contributed by atoms with E-state index in [9.17, 15) is 4.79 Å². The van der Waals surface area contributed by atoms with E-state index in [1.807, 2.05) is 70.7 Å². The van der Waals surface area contributed by atoms with Crippen LogP contribution in [0.15, 0.2) is 78.6 Å². The zero-order valence-electron chi connectivity index (χ0n) is 16.8. The number of pyridine rings is 1. The summed E-state index contributed by atoms with van der Waals surface area (Å²) in [6, 6.07) is 17.5. The molecule has 156 valence electrons. The summed E-state index contributed by atoms with van der Waals surface area (Å²) >= 11 is 1.47. The summed E-state index contributed by atoms with van der Waals surface area (Å²) in [5.41, 5.74) is 2.72. The first-order valence-corrected chi connectivity index (χ1v) is 11.1. The highest BCUT2D eigenvalue weighted by Crippen LogP contribution is 2.40. The van der Waals surface area contributed by atoms with Crippen molar-refractivity contribution in [2.75, 3.05) is 5.32 Å². The number of carbonyl (C=O) groups excluding carboxylic acids is 1. The maximum absolute atomic E-state index is 12.8. The van der Waals surface area contributed by atoms with Gasteiger partial charge in [-0.05, 0) is 54.8 Å². The fourth-order valence-electron chi connectivity index (χ4n) is 3.73. The van der Waals surface area contributed by atoms with E-state index in [2.05, 4.69) is 15.3 Å². The van der Waals surface area contributed by atoms with E-state index in [-0.39, 0.29) is 12.0 Å². The van der Waals surface area contributed by atoms with Gasteiger partial charge in [0.05, 0.1) is 11.8 Å². The molecular weight excluding hydrogens is 408 g/mol. The second kappa shape index (κ2) is 8.73. The number of thiazole rings is 1. The van der Waals surface area contributed by atoms with Crippen molar-refractivity contribution in [2.24, 2.45) is 0 Å². The Morgan fingerprint density at radius 1 is 1.10 bits per heavy atom. The summed E-state index contributed by atoms with van der Waals surface area (Å²) in [4.78, 5) is 21.5. The highest BCUT2D eigenvalue weighted by atomic mass is 32.1. The number of para-hydroxylation sites is 1. The zero-order valence-corrected chi connectivity index (χ0v) is 17.7. The number of carbonyl (C=O) groups is 1. The zero-order chi connectivity index (χ0) is 21.0. The molecule has 0 radical (unpaired) electrons. The van der Waals surface area contributed by atoms with E-state index in [0.29, 0.717) is 23.3 Å². The van der Waals surface area contributed by atoms with Crippen molar-refractivity contribution in [2.45, 2.75) is 31.4 Å². The molecule has 0 atom stereocenters. The van der Waals surface area contributed by atoms with Gasteiger partial charge in [0.1, 0.15) is 11.4 Å². The fraction of sp³-hybridized carbons (Fsp3) is 0.208. The Bertz CT molecular complexity index is 1150. The largest absolute Gasteiger partial charge is 0.490 e. The van der Waals surface area contributed by atoms with Crippen LogP contribution in [0.3, 0.4) is 0 Å². The van der Waals surface area contributed by atoms with Gasteiger partial charge in [0.25, 0.3) is 5.91 Å². The molecule has 3 heterocycles. The minimum atomic E-state index is -0.154. The van der Waals surface area contributed by atoms with Gasteiger partial charge in [-0.1, -0.05) is 18.2 Å². The molecule has 1 aliphatic carbocycles. The van der Waals surface area contributed by atoms with Gasteiger partial charge in [-0.2, -0.15) is 0 Å². The Kier molecular flexibility index (Phi) is 5.50. The van der Waals surface area contributed by atoms with E-state index < -0.39 is 0 Å². The number of nitrogens with one attached hydrogen (secondary N) is 1. The Labute approximate surface area is 184 Å². The van der Waals surface area contributed by atoms with Crippen molar-refractivity contribution in [1.29, 1.82) is 0 Å². The van der Waals surface area contributed by atoms with Crippen molar-refractivity contribution < 1.29 is 9.53 Å². The molecule has 1 fully saturated rings. The number of amides is 1. The third-order valence-corrected chi connectivity index (χ3v) is 6.24. The number of nitrogens with zero attached hydrogens (tertiary/aromatic N) is 3. The van der Waals surface area contributed by atoms with Crippen molar-refractivity contribution in [1.82, 2.24) is 14.5 Å². The van der Waals surface area contributed by atoms with Crippen LogP contribution in [0.5, 0.6) is 5.75 Å². The fourth-order valence-corrected chi connectivity index (χ4v) is 4.52. The number of ether oxygens (including phenoxy) is 1. The molecule has 6 nitrogen and oxygen atoms in total. The first-order valence-electron chi connectivity index (χ1n) is 10.3. The predicted octanol–water partition coefficient (Wildman–Crippen LogP) is 4.97. The molecule has 5 rings (SSSR count). The number of hydrogen-bond acceptors (Lipinski definition) is 5. The maximum Gasteiger partial charge on any atom is 0.274 e. The molecule has 3 aromatic heterocycles. The molecule has 7 heteroatoms. The number of aromatic nitrogens is 3. The van der Waals surface area contributed by atoms with Crippen LogP contribution in [-0.2, 0) is 6.54 Å². The van der Waals surface area contributed by atoms with Gasteiger partial charge >= 0.3 is 0 Å². The van der Waals surface area contributed by atoms with Crippen LogP contribution in [0.2, 0.25) is 0 Å². The van der Waals surface area contributed by atoms with Gasteiger partial charge in [0.2, 0.25) is 0 Å². The summed E-state index contributed by atoms with van der Waals surface area (Å²) in [6.45, 7) is 0.617. The smallest absolute Gasteiger partial charge is 0.274 e. The lowest BCUT2D eigenvalue weighted by atomic mass is 9.80. The van der Waals surface area contributed by atoms with Gasteiger partial charge in [-0.25, -0.2) is 4.98 Å². The number of hydrogen-bond donors (Lipinski definition) is 1. The van der Waals surface area contributed by atoms with E-state index in [4.69, 9.17) is 4.74 Å². The van der Waals surface area contributed by atoms with Gasteiger partial charge in [0, 0.05) is 36.4 Å². The second-order valence-electron chi connectivity index (χ2n) is 7.63. The van der Waals surface area contributed by atoms with E-state index in [1.165, 1.54) is 11.3 Å². The molecule has 0 spiro atoms. The van der Waals surface area contributed by atoms with Crippen molar-refractivity contribution in [3.05, 3.63) is 95.5 Å². The van der Waals surface area contributed by atoms with Gasteiger partial charge < -0.3 is 9.30 Å². The minimum Gasteiger partial charge on any atom is -0.490 e. The van der Waals surface area contributed by atoms with Crippen LogP contribution in [-0.4, -0.2) is 26.5 Å². The summed E-state index contributed by atoms with van der Waals surface area (Å²) in [5.74, 6) is 1.14. The van der Waals surface area contributed by atoms with Gasteiger partial charge in [-0.15, -0.1) is 11.3 Å². The standard InChI is InChI=1S/C24H22N4O2S/c29-23(22-7-4-12-28(22)15-17-8-10-25-11-9-17)27-24-26-21(16-31-24)18-13-20(14-18)30-19-5-2-1-3-6-19/h1-12,16,18,20H,13-15H2,(H,26,27,29). The monoisotopic (exact) mass is 430 g/mol. The first-order chi connectivity index (χ1) is 15.2. The number of benzene rings is 1. The SMILES string of the molecule is O=C(Nc1nc(C2CC(Oc3ccccc3)C2)cs1)c1cccn1Cc1ccncc1. The van der Waals surface area contributed by atoms with Crippen LogP contribution < -0.4 is 10.1 Å². The molecule has 31 heavy (non-hydrogen) atoms. The molecule has 0 saturated heterocycles. The quantitative estimate of drug-likeness (QED) is 0.450. The van der Waals surface area contributed by atoms with E-state index >= 15 is 0 Å². The summed E-state index contributed by atoms with van der Waals surface area (Å²) < 4.78 is 7.91. The Morgan fingerprint density at radius 3 is 2.71 bits per heavy atom. The van der Waals surface area contributed by atoms with Gasteiger partial charge in [-0.3, -0.25) is 15.1 Å². The molecule has 0 aliphatic heterocycles. The Hall–Kier alpha value is -3.45. The normalized spacial score (nSPS) is 17.7. The molecule has 1 amide bonds. The Morgan fingerprint density at radius 2 is 1.90 bits per heavy atom. The average molecular weight is 431 g/mol. The molecule has 4 aromatic rings. The van der Waals surface area contributed by atoms with Gasteiger partial charge in [0.15, 0.2) is 5.13 Å². The molecule has 1 aromatic carbocycles. The van der Waals surface area contributed by atoms with Crippen LogP contribution >= 0.6 is 11.3 Å². The summed E-state index contributed by atoms with van der Waals surface area (Å²) in [7, 11) is 0. The summed E-state index contributed by atoms with van der Waals surface area (Å²) in [6.07, 6.45) is 7.53. The second-order valence-corrected chi connectivity index (χ2v) is 8.49. The predicted molar refractivity (Wildman–Crippen MR) is 121 cm³/mol. The highest BCUT2D eigenvalue weighted by molar-refractivity contribution is 7.14. The molecule has 0 bridgehead atoms. The molecule has 1 saturated carbocycles.